The van der Waals surface area contributed by atoms with Gasteiger partial charge in [0.25, 0.3) is 0 Å². The third-order valence-electron chi connectivity index (χ3n) is 1.87. The summed E-state index contributed by atoms with van der Waals surface area (Å²) in [6.45, 7) is 0.0928. The second kappa shape index (κ2) is 3.76. The number of hydrogen-bond donors (Lipinski definition) is 2. The lowest BCUT2D eigenvalue weighted by molar-refractivity contribution is 0.282. The lowest BCUT2D eigenvalue weighted by atomic mass is 10.2. The molecular weight excluding hydrogens is 315 g/mol. The molecule has 2 rings (SSSR count). The molecule has 0 bridgehead atoms. The number of hydrogen-bond acceptors (Lipinski definition) is 3. The smallest absolute Gasteiger partial charge is 0.0799 e. The van der Waals surface area contributed by atoms with Crippen LogP contribution in [0.15, 0.2) is 23.1 Å². The van der Waals surface area contributed by atoms with Gasteiger partial charge < -0.3 is 5.11 Å². The Labute approximate surface area is 99.3 Å². The van der Waals surface area contributed by atoms with E-state index >= 15 is 0 Å². The predicted octanol–water partition coefficient (Wildman–Crippen LogP) is 3.29. The Morgan fingerprint density at radius 2 is 2.23 bits per heavy atom. The number of thiol groups is 1. The maximum Gasteiger partial charge on any atom is 0.0799 e. The van der Waals surface area contributed by atoms with Crippen molar-refractivity contribution in [2.24, 2.45) is 0 Å². The van der Waals surface area contributed by atoms with Crippen molar-refractivity contribution in [1.82, 2.24) is 0 Å². The van der Waals surface area contributed by atoms with Crippen molar-refractivity contribution < 1.29 is 5.11 Å². The van der Waals surface area contributed by atoms with E-state index in [9.17, 15) is 0 Å². The van der Waals surface area contributed by atoms with Crippen LogP contribution < -0.4 is 0 Å². The van der Waals surface area contributed by atoms with E-state index in [-0.39, 0.29) is 6.61 Å². The monoisotopic (exact) mass is 322 g/mol. The van der Waals surface area contributed by atoms with Crippen molar-refractivity contribution in [3.05, 3.63) is 26.6 Å². The van der Waals surface area contributed by atoms with E-state index < -0.39 is 0 Å². The molecule has 13 heavy (non-hydrogen) atoms. The number of rotatable bonds is 1. The van der Waals surface area contributed by atoms with E-state index in [0.29, 0.717) is 0 Å². The zero-order valence-electron chi connectivity index (χ0n) is 6.62. The molecule has 0 fully saturated rings. The molecule has 0 aliphatic carbocycles. The second-order valence-corrected chi connectivity index (χ2v) is 6.02. The molecule has 2 aromatic rings. The number of aliphatic hydroxyl groups excluding tert-OH is 1. The Hall–Kier alpha value is 0.220. The molecule has 0 aliphatic rings. The summed E-state index contributed by atoms with van der Waals surface area (Å²) in [5.41, 5.74) is 0.942. The number of aliphatic hydroxyl groups is 1. The molecule has 1 N–H and O–H groups in total. The van der Waals surface area contributed by atoms with E-state index in [4.69, 9.17) is 5.11 Å². The first-order valence-electron chi connectivity index (χ1n) is 3.73. The number of fused-ring (bicyclic) bond motifs is 1. The van der Waals surface area contributed by atoms with E-state index in [0.717, 1.165) is 15.8 Å². The molecule has 1 aromatic carbocycles. The van der Waals surface area contributed by atoms with Crippen LogP contribution in [0.4, 0.5) is 0 Å². The lowest BCUT2D eigenvalue weighted by Gasteiger charge is -1.95. The molecule has 0 amide bonds. The Bertz CT molecular complexity index is 450. The first-order chi connectivity index (χ1) is 6.22. The van der Waals surface area contributed by atoms with Crippen molar-refractivity contribution in [2.75, 3.05) is 0 Å². The van der Waals surface area contributed by atoms with Gasteiger partial charge in [-0.15, -0.1) is 24.0 Å². The highest BCUT2D eigenvalue weighted by molar-refractivity contribution is 14.1. The van der Waals surface area contributed by atoms with E-state index in [2.05, 4.69) is 35.2 Å². The molecule has 0 atom stereocenters. The quantitative estimate of drug-likeness (QED) is 0.610. The number of thiophene rings is 1. The number of benzene rings is 1. The predicted molar refractivity (Wildman–Crippen MR) is 67.7 cm³/mol. The first kappa shape index (κ1) is 9.76. The summed E-state index contributed by atoms with van der Waals surface area (Å²) in [5.74, 6) is 0. The van der Waals surface area contributed by atoms with Gasteiger partial charge in [-0.2, -0.15) is 0 Å². The van der Waals surface area contributed by atoms with Gasteiger partial charge >= 0.3 is 0 Å². The molecule has 0 saturated heterocycles. The van der Waals surface area contributed by atoms with Gasteiger partial charge in [0, 0.05) is 15.0 Å². The molecule has 0 spiro atoms. The van der Waals surface area contributed by atoms with Crippen LogP contribution in [0.25, 0.3) is 10.1 Å². The summed E-state index contributed by atoms with van der Waals surface area (Å²) in [5, 5.41) is 10.1. The van der Waals surface area contributed by atoms with Gasteiger partial charge in [0.1, 0.15) is 0 Å². The van der Waals surface area contributed by atoms with Crippen LogP contribution in [-0.4, -0.2) is 5.11 Å². The molecule has 1 heterocycles. The number of halogens is 1. The molecule has 4 heteroatoms. The van der Waals surface area contributed by atoms with Crippen LogP contribution in [0, 0.1) is 2.88 Å². The van der Waals surface area contributed by atoms with Crippen LogP contribution in [0.2, 0.25) is 0 Å². The summed E-state index contributed by atoms with van der Waals surface area (Å²) in [4.78, 5) is 1.02. The summed E-state index contributed by atoms with van der Waals surface area (Å²) in [6.07, 6.45) is 0. The Balaban J connectivity index is 2.75. The van der Waals surface area contributed by atoms with Gasteiger partial charge in [-0.25, -0.2) is 0 Å². The van der Waals surface area contributed by atoms with E-state index in [1.165, 1.54) is 7.58 Å². The van der Waals surface area contributed by atoms with Crippen LogP contribution in [0.5, 0.6) is 0 Å². The Morgan fingerprint density at radius 1 is 1.46 bits per heavy atom. The van der Waals surface area contributed by atoms with E-state index in [1.807, 2.05) is 18.2 Å². The molecule has 0 unspecified atom stereocenters. The normalized spacial score (nSPS) is 11.0. The van der Waals surface area contributed by atoms with Crippen LogP contribution in [0.1, 0.15) is 5.56 Å². The van der Waals surface area contributed by atoms with Crippen molar-refractivity contribution in [3.8, 4) is 0 Å². The standard InChI is InChI=1S/C9H7IOS2/c10-9-8(12)6-3-5(4-11)1-2-7(6)13-9/h1-3,11-12H,4H2. The molecule has 68 valence electrons. The third kappa shape index (κ3) is 1.72. The minimum atomic E-state index is 0.0928. The van der Waals surface area contributed by atoms with Gasteiger partial charge in [0.2, 0.25) is 0 Å². The lowest BCUT2D eigenvalue weighted by Crippen LogP contribution is -1.80. The first-order valence-corrected chi connectivity index (χ1v) is 6.07. The highest BCUT2D eigenvalue weighted by Crippen LogP contribution is 2.35. The van der Waals surface area contributed by atoms with Crippen LogP contribution in [0.3, 0.4) is 0 Å². The van der Waals surface area contributed by atoms with Crippen molar-refractivity contribution in [3.63, 3.8) is 0 Å². The maximum atomic E-state index is 8.97. The van der Waals surface area contributed by atoms with Crippen molar-refractivity contribution >= 4 is 56.6 Å². The van der Waals surface area contributed by atoms with Gasteiger partial charge in [0.05, 0.1) is 9.49 Å². The van der Waals surface area contributed by atoms with Crippen LogP contribution in [-0.2, 0) is 6.61 Å². The second-order valence-electron chi connectivity index (χ2n) is 2.71. The van der Waals surface area contributed by atoms with Gasteiger partial charge in [-0.1, -0.05) is 6.07 Å². The largest absolute Gasteiger partial charge is 0.392 e. The topological polar surface area (TPSA) is 20.2 Å². The van der Waals surface area contributed by atoms with Crippen LogP contribution >= 0.6 is 46.6 Å². The summed E-state index contributed by atoms with van der Waals surface area (Å²) < 4.78 is 2.43. The summed E-state index contributed by atoms with van der Waals surface area (Å²) in [7, 11) is 0. The highest BCUT2D eigenvalue weighted by atomic mass is 127. The SMILES string of the molecule is OCc1ccc2sc(I)c(S)c2c1. The Kier molecular flexibility index (Phi) is 2.83. The zero-order valence-corrected chi connectivity index (χ0v) is 10.5. The fourth-order valence-electron chi connectivity index (χ4n) is 1.20. The third-order valence-corrected chi connectivity index (χ3v) is 5.07. The molecule has 1 nitrogen and oxygen atoms in total. The minimum Gasteiger partial charge on any atom is -0.392 e. The van der Waals surface area contributed by atoms with Gasteiger partial charge in [0.15, 0.2) is 0 Å². The van der Waals surface area contributed by atoms with Gasteiger partial charge in [-0.3, -0.25) is 0 Å². The minimum absolute atomic E-state index is 0.0928. The summed E-state index contributed by atoms with van der Waals surface area (Å²) >= 11 is 8.43. The van der Waals surface area contributed by atoms with Crippen molar-refractivity contribution in [1.29, 1.82) is 0 Å². The molecule has 0 saturated carbocycles. The highest BCUT2D eigenvalue weighted by Gasteiger charge is 2.06. The zero-order chi connectivity index (χ0) is 9.42. The molecular formula is C9H7IOS2. The fraction of sp³-hybridized carbons (Fsp3) is 0.111. The van der Waals surface area contributed by atoms with Gasteiger partial charge in [-0.05, 0) is 40.3 Å². The molecule has 0 radical (unpaired) electrons. The maximum absolute atomic E-state index is 8.97. The summed E-state index contributed by atoms with van der Waals surface area (Å²) in [6, 6.07) is 5.98. The van der Waals surface area contributed by atoms with E-state index in [1.54, 1.807) is 11.3 Å². The fourth-order valence-corrected chi connectivity index (χ4v) is 3.41. The molecule has 0 aliphatic heterocycles. The van der Waals surface area contributed by atoms with Crippen molar-refractivity contribution in [2.45, 2.75) is 11.5 Å². The Morgan fingerprint density at radius 3 is 2.92 bits per heavy atom. The average molecular weight is 322 g/mol. The average Bonchev–Trinajstić information content (AvgIpc) is 2.43. The molecule has 1 aromatic heterocycles.